The molecule has 1 aliphatic carbocycles. The Bertz CT molecular complexity index is 972. The number of rotatable bonds is 3. The molecular formula is C20H23N3O5. The zero-order chi connectivity index (χ0) is 20.1. The molecule has 1 aliphatic heterocycles. The summed E-state index contributed by atoms with van der Waals surface area (Å²) >= 11 is 0. The molecule has 1 saturated heterocycles. The number of urea groups is 1. The van der Waals surface area contributed by atoms with Crippen LogP contribution in [0.15, 0.2) is 22.6 Å². The number of nitrogens with one attached hydrogen (secondary N) is 2. The molecule has 2 fully saturated rings. The molecule has 1 spiro atoms. The first-order valence-electron chi connectivity index (χ1n) is 9.39. The Hall–Kier alpha value is -3.03. The van der Waals surface area contributed by atoms with Crippen LogP contribution < -0.4 is 15.5 Å². The predicted molar refractivity (Wildman–Crippen MR) is 101 cm³/mol. The number of nitrogens with zero attached hydrogens (tertiary/aromatic N) is 1. The zero-order valence-electron chi connectivity index (χ0n) is 16.1. The Labute approximate surface area is 162 Å². The lowest BCUT2D eigenvalue weighted by Crippen LogP contribution is -2.51. The van der Waals surface area contributed by atoms with Crippen molar-refractivity contribution in [2.24, 2.45) is 5.92 Å². The first kappa shape index (κ1) is 18.3. The SMILES string of the molecule is COc1ccc2oc(C(=O)NN3C(=O)NC4(CCC(C)CC4)C3=O)c(C)c2c1. The number of hydrogen-bond acceptors (Lipinski definition) is 5. The minimum Gasteiger partial charge on any atom is -0.497 e. The number of ether oxygens (including phenoxy) is 1. The van der Waals surface area contributed by atoms with Crippen molar-refractivity contribution in [3.05, 3.63) is 29.5 Å². The third-order valence-electron chi connectivity index (χ3n) is 5.85. The van der Waals surface area contributed by atoms with Gasteiger partial charge in [-0.3, -0.25) is 9.59 Å². The van der Waals surface area contributed by atoms with Crippen molar-refractivity contribution < 1.29 is 23.5 Å². The van der Waals surface area contributed by atoms with Gasteiger partial charge >= 0.3 is 11.9 Å². The van der Waals surface area contributed by atoms with Crippen LogP contribution in [-0.2, 0) is 4.79 Å². The van der Waals surface area contributed by atoms with Crippen LogP contribution in [-0.4, -0.2) is 35.5 Å². The predicted octanol–water partition coefficient (Wildman–Crippen LogP) is 2.90. The maximum absolute atomic E-state index is 12.9. The molecule has 0 atom stereocenters. The second kappa shape index (κ2) is 6.54. The van der Waals surface area contributed by atoms with Crippen LogP contribution in [0.5, 0.6) is 5.75 Å². The number of methoxy groups -OCH3 is 1. The fraction of sp³-hybridized carbons (Fsp3) is 0.450. The lowest BCUT2D eigenvalue weighted by atomic mass is 9.77. The monoisotopic (exact) mass is 385 g/mol. The lowest BCUT2D eigenvalue weighted by molar-refractivity contribution is -0.134. The summed E-state index contributed by atoms with van der Waals surface area (Å²) in [5.41, 5.74) is 2.64. The molecule has 2 aliphatic rings. The van der Waals surface area contributed by atoms with E-state index in [1.807, 2.05) is 0 Å². The number of benzene rings is 1. The van der Waals surface area contributed by atoms with Gasteiger partial charge in [-0.05, 0) is 56.7 Å². The van der Waals surface area contributed by atoms with Gasteiger partial charge in [-0.1, -0.05) is 6.92 Å². The first-order chi connectivity index (χ1) is 13.3. The second-order valence-electron chi connectivity index (χ2n) is 7.69. The zero-order valence-corrected chi connectivity index (χ0v) is 16.1. The molecular weight excluding hydrogens is 362 g/mol. The molecule has 28 heavy (non-hydrogen) atoms. The molecule has 2 aromatic rings. The van der Waals surface area contributed by atoms with Crippen molar-refractivity contribution >= 4 is 28.8 Å². The normalized spacial score (nSPS) is 24.7. The van der Waals surface area contributed by atoms with E-state index in [9.17, 15) is 14.4 Å². The fourth-order valence-electron chi connectivity index (χ4n) is 4.01. The highest BCUT2D eigenvalue weighted by Gasteiger charge is 2.53. The van der Waals surface area contributed by atoms with Crippen LogP contribution in [0, 0.1) is 12.8 Å². The van der Waals surface area contributed by atoms with E-state index in [0.29, 0.717) is 35.7 Å². The van der Waals surface area contributed by atoms with E-state index >= 15 is 0 Å². The average molecular weight is 385 g/mol. The van der Waals surface area contributed by atoms with Crippen LogP contribution >= 0.6 is 0 Å². The van der Waals surface area contributed by atoms with Crippen molar-refractivity contribution in [1.29, 1.82) is 0 Å². The lowest BCUT2D eigenvalue weighted by Gasteiger charge is -2.33. The molecule has 1 aromatic heterocycles. The summed E-state index contributed by atoms with van der Waals surface area (Å²) in [6, 6.07) is 4.61. The van der Waals surface area contributed by atoms with Crippen molar-refractivity contribution in [2.75, 3.05) is 7.11 Å². The van der Waals surface area contributed by atoms with Gasteiger partial charge in [0.2, 0.25) is 0 Å². The summed E-state index contributed by atoms with van der Waals surface area (Å²) in [7, 11) is 1.56. The molecule has 1 saturated carbocycles. The van der Waals surface area contributed by atoms with Crippen LogP contribution in [0.2, 0.25) is 0 Å². The number of hydrazine groups is 1. The quantitative estimate of drug-likeness (QED) is 0.791. The smallest absolute Gasteiger partial charge is 0.344 e. The van der Waals surface area contributed by atoms with Gasteiger partial charge in [0.1, 0.15) is 16.9 Å². The third-order valence-corrected chi connectivity index (χ3v) is 5.85. The minimum absolute atomic E-state index is 0.0575. The van der Waals surface area contributed by atoms with Gasteiger partial charge in [0.25, 0.3) is 5.91 Å². The van der Waals surface area contributed by atoms with Crippen molar-refractivity contribution in [1.82, 2.24) is 15.8 Å². The molecule has 4 rings (SSSR count). The number of carbonyl (C=O) groups is 3. The number of carbonyl (C=O) groups excluding carboxylic acids is 3. The number of furan rings is 1. The van der Waals surface area contributed by atoms with Gasteiger partial charge in [-0.25, -0.2) is 10.2 Å². The number of hydrogen-bond donors (Lipinski definition) is 2. The van der Waals surface area contributed by atoms with Crippen LogP contribution in [0.4, 0.5) is 4.79 Å². The first-order valence-corrected chi connectivity index (χ1v) is 9.39. The van der Waals surface area contributed by atoms with Crippen LogP contribution in [0.3, 0.4) is 0 Å². The van der Waals surface area contributed by atoms with Gasteiger partial charge in [0.15, 0.2) is 5.76 Å². The molecule has 2 heterocycles. The van der Waals surface area contributed by atoms with E-state index < -0.39 is 23.4 Å². The number of amides is 4. The summed E-state index contributed by atoms with van der Waals surface area (Å²) < 4.78 is 10.9. The maximum atomic E-state index is 12.9. The van der Waals surface area contributed by atoms with Crippen molar-refractivity contribution in [3.63, 3.8) is 0 Å². The highest BCUT2D eigenvalue weighted by molar-refractivity contribution is 6.09. The summed E-state index contributed by atoms with van der Waals surface area (Å²) in [6.07, 6.45) is 2.87. The highest BCUT2D eigenvalue weighted by atomic mass is 16.5. The Morgan fingerprint density at radius 3 is 2.71 bits per heavy atom. The van der Waals surface area contributed by atoms with Gasteiger partial charge in [-0.2, -0.15) is 5.01 Å². The van der Waals surface area contributed by atoms with Gasteiger partial charge < -0.3 is 14.5 Å². The molecule has 2 N–H and O–H groups in total. The Morgan fingerprint density at radius 1 is 1.32 bits per heavy atom. The Balaban J connectivity index is 1.57. The van der Waals surface area contributed by atoms with Crippen molar-refractivity contribution in [3.8, 4) is 5.75 Å². The Kier molecular flexibility index (Phi) is 4.28. The standard InChI is InChI=1S/C20H23N3O5/c1-11-6-8-20(9-7-11)18(25)23(19(26)21-20)22-17(24)16-12(2)14-10-13(27-3)4-5-15(14)28-16/h4-5,10-11H,6-9H2,1-3H3,(H,21,26)(H,22,24). The largest absolute Gasteiger partial charge is 0.497 e. The van der Waals surface area contributed by atoms with E-state index in [1.165, 1.54) is 0 Å². The van der Waals surface area contributed by atoms with Gasteiger partial charge in [-0.15, -0.1) is 0 Å². The molecule has 4 amide bonds. The number of aryl methyl sites for hydroxylation is 1. The third kappa shape index (κ3) is 2.80. The van der Waals surface area contributed by atoms with E-state index in [1.54, 1.807) is 32.2 Å². The number of imide groups is 1. The molecule has 8 heteroatoms. The molecule has 148 valence electrons. The molecule has 0 bridgehead atoms. The fourth-order valence-corrected chi connectivity index (χ4v) is 4.01. The minimum atomic E-state index is -0.910. The van der Waals surface area contributed by atoms with E-state index in [-0.39, 0.29) is 5.76 Å². The summed E-state index contributed by atoms with van der Waals surface area (Å²) in [5.74, 6) is 0.174. The molecule has 1 aromatic carbocycles. The second-order valence-corrected chi connectivity index (χ2v) is 7.69. The van der Waals surface area contributed by atoms with E-state index in [2.05, 4.69) is 17.7 Å². The molecule has 0 radical (unpaired) electrons. The van der Waals surface area contributed by atoms with Crippen LogP contribution in [0.1, 0.15) is 48.7 Å². The average Bonchev–Trinajstić information content (AvgIpc) is 3.13. The maximum Gasteiger partial charge on any atom is 0.344 e. The highest BCUT2D eigenvalue weighted by Crippen LogP contribution is 2.36. The summed E-state index contributed by atoms with van der Waals surface area (Å²) in [5, 5.41) is 4.30. The van der Waals surface area contributed by atoms with Crippen LogP contribution in [0.25, 0.3) is 11.0 Å². The Morgan fingerprint density at radius 2 is 2.04 bits per heavy atom. The molecule has 0 unspecified atom stereocenters. The topological polar surface area (TPSA) is 101 Å². The summed E-state index contributed by atoms with van der Waals surface area (Å²) in [4.78, 5) is 38.0. The number of fused-ring (bicyclic) bond motifs is 1. The van der Waals surface area contributed by atoms with Crippen molar-refractivity contribution in [2.45, 2.75) is 45.1 Å². The van der Waals surface area contributed by atoms with E-state index in [4.69, 9.17) is 9.15 Å². The van der Waals surface area contributed by atoms with E-state index in [0.717, 1.165) is 23.2 Å². The van der Waals surface area contributed by atoms with Gasteiger partial charge in [0, 0.05) is 10.9 Å². The summed E-state index contributed by atoms with van der Waals surface area (Å²) in [6.45, 7) is 3.88. The molecule has 8 nitrogen and oxygen atoms in total. The van der Waals surface area contributed by atoms with Gasteiger partial charge in [0.05, 0.1) is 7.11 Å².